The summed E-state index contributed by atoms with van der Waals surface area (Å²) in [7, 11) is 0. The van der Waals surface area contributed by atoms with E-state index in [-0.39, 0.29) is 22.3 Å². The van der Waals surface area contributed by atoms with Gasteiger partial charge in [-0.3, -0.25) is 0 Å². The molecule has 1 aromatic heterocycles. The summed E-state index contributed by atoms with van der Waals surface area (Å²) in [5.74, 6) is 0. The highest BCUT2D eigenvalue weighted by atomic mass is 32.1. The molecule has 0 aliphatic carbocycles. The van der Waals surface area contributed by atoms with Crippen LogP contribution in [0.4, 0.5) is 5.69 Å². The highest BCUT2D eigenvalue weighted by molar-refractivity contribution is 7.79. The number of thiol groups is 1. The predicted molar refractivity (Wildman–Crippen MR) is 171 cm³/mol. The monoisotopic (exact) mass is 500 g/mol. The quantitative estimate of drug-likeness (QED) is 0.187. The fourth-order valence-corrected chi connectivity index (χ4v) is 1.38. The molecule has 0 radical (unpaired) electrons. The molecular weight excluding hydrogens is 432 g/mol. The first-order valence-electron chi connectivity index (χ1n) is 11.8. The van der Waals surface area contributed by atoms with E-state index in [0.717, 1.165) is 12.2 Å². The van der Waals surface area contributed by atoms with Gasteiger partial charge in [0.05, 0.1) is 0 Å². The minimum absolute atomic E-state index is 0. The molecule has 0 unspecified atom stereocenters. The van der Waals surface area contributed by atoms with Gasteiger partial charge < -0.3 is 5.73 Å². The van der Waals surface area contributed by atoms with Crippen LogP contribution in [0.25, 0.3) is 0 Å². The zero-order valence-electron chi connectivity index (χ0n) is 22.9. The smallest absolute Gasteiger partial charge is 0.168 e. The zero-order valence-corrected chi connectivity index (χ0v) is 23.8. The number of hydrogen-bond donors (Lipinski definition) is 2. The predicted octanol–water partition coefficient (Wildman–Crippen LogP) is 10.9. The van der Waals surface area contributed by atoms with Crippen LogP contribution in [0.3, 0.4) is 0 Å². The molecule has 206 valence electrons. The van der Waals surface area contributed by atoms with E-state index >= 15 is 0 Å². The number of para-hydroxylation sites is 1. The maximum atomic E-state index is 5.36. The summed E-state index contributed by atoms with van der Waals surface area (Å²) in [5, 5.41) is 0. The number of aromatic nitrogens is 1. The number of aryl methyl sites for hydroxylation is 1. The van der Waals surface area contributed by atoms with E-state index in [9.17, 15) is 0 Å². The molecule has 0 spiro atoms. The zero-order chi connectivity index (χ0) is 25.5. The Morgan fingerprint density at radius 1 is 0.676 bits per heavy atom. The first kappa shape index (κ1) is 53.6. The molecule has 0 saturated heterocycles. The molecule has 3 heteroatoms. The standard InChI is InChI=1S/C9H14N.C6H7N.C6H12.3C2H6.CH4S.3CH4/c1-2-3-7-10-8-5-4-6-9-10;7-6-4-2-1-3-5-6;1-5(2)6(3)4;4*1-2;;;/h4-6,8-9H,2-3,7H2,1H3;1-5H,7H2;1-4H3;3*1-2H3;2H,1H3;3*1H4/q+1;;;;;;;;;. The van der Waals surface area contributed by atoms with Crippen LogP contribution < -0.4 is 10.3 Å². The Morgan fingerprint density at radius 3 is 1.24 bits per heavy atom. The number of hydrogen-bond acceptors (Lipinski definition) is 2. The van der Waals surface area contributed by atoms with Crippen molar-refractivity contribution in [3.05, 3.63) is 72.1 Å². The summed E-state index contributed by atoms with van der Waals surface area (Å²) in [6, 6.07) is 15.7. The Balaban J connectivity index is -0.0000000424. The summed E-state index contributed by atoms with van der Waals surface area (Å²) in [6.45, 7) is 23.8. The van der Waals surface area contributed by atoms with E-state index < -0.39 is 0 Å². The lowest BCUT2D eigenvalue weighted by molar-refractivity contribution is -0.697. The highest BCUT2D eigenvalue weighted by Gasteiger charge is 1.93. The number of nitrogen functional groups attached to an aromatic ring is 1. The van der Waals surface area contributed by atoms with Crippen molar-refractivity contribution in [2.75, 3.05) is 12.0 Å². The minimum atomic E-state index is 0. The van der Waals surface area contributed by atoms with Gasteiger partial charge in [0.2, 0.25) is 0 Å². The fraction of sp³-hybridized carbons (Fsp3) is 0.581. The third-order valence-corrected chi connectivity index (χ3v) is 3.35. The molecule has 0 atom stereocenters. The molecule has 1 aromatic carbocycles. The van der Waals surface area contributed by atoms with Gasteiger partial charge in [0, 0.05) is 24.2 Å². The Labute approximate surface area is 224 Å². The second-order valence-corrected chi connectivity index (χ2v) is 5.88. The van der Waals surface area contributed by atoms with E-state index in [1.165, 1.54) is 24.0 Å². The lowest BCUT2D eigenvalue weighted by Gasteiger charge is -1.91. The summed E-state index contributed by atoms with van der Waals surface area (Å²) in [6.07, 6.45) is 8.45. The van der Waals surface area contributed by atoms with E-state index in [1.54, 1.807) is 6.26 Å². The van der Waals surface area contributed by atoms with Crippen molar-refractivity contribution >= 4 is 18.3 Å². The number of benzene rings is 1. The van der Waals surface area contributed by atoms with Crippen molar-refractivity contribution in [3.63, 3.8) is 0 Å². The Morgan fingerprint density at radius 2 is 1.00 bits per heavy atom. The van der Waals surface area contributed by atoms with Crippen LogP contribution in [0, 0.1) is 0 Å². The molecule has 0 amide bonds. The third-order valence-electron chi connectivity index (χ3n) is 3.35. The third kappa shape index (κ3) is 52.3. The van der Waals surface area contributed by atoms with Crippen molar-refractivity contribution in [3.8, 4) is 0 Å². The Bertz CT molecular complexity index is 520. The molecule has 0 aliphatic rings. The van der Waals surface area contributed by atoms with Gasteiger partial charge in [0.1, 0.15) is 6.54 Å². The Hall–Kier alpha value is -1.74. The number of rotatable bonds is 3. The molecule has 0 bridgehead atoms. The summed E-state index contributed by atoms with van der Waals surface area (Å²) in [5.41, 5.74) is 9.03. The van der Waals surface area contributed by atoms with Gasteiger partial charge in [-0.05, 0) is 46.1 Å². The average Bonchev–Trinajstić information content (AvgIpc) is 2.85. The minimum Gasteiger partial charge on any atom is -0.399 e. The Kier molecular flexibility index (Phi) is 83.3. The number of allylic oxidation sites excluding steroid dienone is 2. The fourth-order valence-electron chi connectivity index (χ4n) is 1.38. The van der Waals surface area contributed by atoms with Gasteiger partial charge in [-0.15, -0.1) is 0 Å². The van der Waals surface area contributed by atoms with Crippen LogP contribution in [-0.2, 0) is 6.54 Å². The normalized spacial score (nSPS) is 6.74. The van der Waals surface area contributed by atoms with Gasteiger partial charge in [-0.25, -0.2) is 4.57 Å². The van der Waals surface area contributed by atoms with Gasteiger partial charge in [0.25, 0.3) is 0 Å². The van der Waals surface area contributed by atoms with Gasteiger partial charge >= 0.3 is 0 Å². The topological polar surface area (TPSA) is 29.9 Å². The molecule has 1 heterocycles. The SMILES string of the molecule is C.C.C.CC.CC.CC.CC(C)=C(C)C.CCCC[n+]1ccccc1.CS.Nc1ccccc1. The van der Waals surface area contributed by atoms with E-state index in [1.807, 2.05) is 77.9 Å². The van der Waals surface area contributed by atoms with Crippen LogP contribution in [-0.4, -0.2) is 6.26 Å². The number of nitrogens with zero attached hydrogens (tertiary/aromatic N) is 1. The van der Waals surface area contributed by atoms with Crippen LogP contribution >= 0.6 is 12.6 Å². The van der Waals surface area contributed by atoms with E-state index in [2.05, 4.69) is 76.3 Å². The first-order valence-corrected chi connectivity index (χ1v) is 12.7. The number of nitrogens with two attached hydrogens (primary N) is 1. The number of unbranched alkanes of at least 4 members (excludes halogenated alkanes) is 1. The lowest BCUT2D eigenvalue weighted by atomic mass is 10.2. The van der Waals surface area contributed by atoms with Crippen molar-refractivity contribution in [2.24, 2.45) is 0 Å². The molecular formula is C31H67N2S+. The van der Waals surface area contributed by atoms with Gasteiger partial charge in [-0.2, -0.15) is 12.6 Å². The summed E-state index contributed by atoms with van der Waals surface area (Å²) < 4.78 is 2.21. The van der Waals surface area contributed by atoms with Crippen molar-refractivity contribution in [2.45, 2.75) is 118 Å². The van der Waals surface area contributed by atoms with Gasteiger partial charge in [0.15, 0.2) is 12.4 Å². The van der Waals surface area contributed by atoms with Gasteiger partial charge in [-0.1, -0.05) is 113 Å². The molecule has 2 nitrogen and oxygen atoms in total. The summed E-state index contributed by atoms with van der Waals surface area (Å²) >= 11 is 3.53. The second kappa shape index (κ2) is 52.9. The molecule has 0 aliphatic heterocycles. The molecule has 0 saturated carbocycles. The van der Waals surface area contributed by atoms with E-state index in [4.69, 9.17) is 5.73 Å². The van der Waals surface area contributed by atoms with Crippen LogP contribution in [0.15, 0.2) is 72.1 Å². The van der Waals surface area contributed by atoms with Crippen molar-refractivity contribution in [1.82, 2.24) is 0 Å². The second-order valence-electron chi connectivity index (χ2n) is 5.88. The van der Waals surface area contributed by atoms with Crippen LogP contribution in [0.5, 0.6) is 0 Å². The van der Waals surface area contributed by atoms with E-state index in [0.29, 0.717) is 0 Å². The summed E-state index contributed by atoms with van der Waals surface area (Å²) in [4.78, 5) is 0. The molecule has 0 fully saturated rings. The number of anilines is 1. The maximum Gasteiger partial charge on any atom is 0.168 e. The average molecular weight is 500 g/mol. The molecule has 2 rings (SSSR count). The maximum absolute atomic E-state index is 5.36. The van der Waals surface area contributed by atoms with Crippen molar-refractivity contribution < 1.29 is 4.57 Å². The highest BCUT2D eigenvalue weighted by Crippen LogP contribution is 1.97. The van der Waals surface area contributed by atoms with Crippen molar-refractivity contribution in [1.29, 1.82) is 0 Å². The largest absolute Gasteiger partial charge is 0.399 e. The van der Waals surface area contributed by atoms with Crippen LogP contribution in [0.2, 0.25) is 0 Å². The molecule has 2 N–H and O–H groups in total. The van der Waals surface area contributed by atoms with Crippen LogP contribution in [0.1, 0.15) is 111 Å². The molecule has 2 aromatic rings. The molecule has 34 heavy (non-hydrogen) atoms. The number of pyridine rings is 1. The first-order chi connectivity index (χ1) is 15.0. The lowest BCUT2D eigenvalue weighted by Crippen LogP contribution is -2.31.